The molecule has 1 aliphatic heterocycles. The van der Waals surface area contributed by atoms with Crippen LogP contribution in [0.1, 0.15) is 32.7 Å². The van der Waals surface area contributed by atoms with Crippen LogP contribution in [0.15, 0.2) is 63.8 Å². The number of rotatable bonds is 7. The van der Waals surface area contributed by atoms with E-state index in [1.54, 1.807) is 36.4 Å². The Morgan fingerprint density at radius 1 is 1.03 bits per heavy atom. The van der Waals surface area contributed by atoms with Crippen molar-refractivity contribution in [1.29, 1.82) is 0 Å². The summed E-state index contributed by atoms with van der Waals surface area (Å²) in [6, 6.07) is 13.4. The third-order valence-electron chi connectivity index (χ3n) is 5.86. The molecule has 0 unspecified atom stereocenters. The summed E-state index contributed by atoms with van der Waals surface area (Å²) in [5, 5.41) is 2.04. The van der Waals surface area contributed by atoms with Crippen LogP contribution >= 0.6 is 11.3 Å². The summed E-state index contributed by atoms with van der Waals surface area (Å²) in [6.07, 6.45) is 1.87. The number of halogens is 1. The summed E-state index contributed by atoms with van der Waals surface area (Å²) < 4.78 is 48.1. The number of aromatic nitrogens is 1. The molecule has 4 rings (SSSR count). The zero-order valence-electron chi connectivity index (χ0n) is 18.8. The Balaban J connectivity index is 1.70. The van der Waals surface area contributed by atoms with Gasteiger partial charge in [0.25, 0.3) is 0 Å². The number of ether oxygens (including phenoxy) is 1. The molecule has 0 spiro atoms. The molecule has 0 bridgehead atoms. The molecule has 3 aromatic rings. The van der Waals surface area contributed by atoms with E-state index < -0.39 is 10.0 Å². The molecule has 0 saturated carbocycles. The number of benzene rings is 2. The molecule has 0 aliphatic carbocycles. The van der Waals surface area contributed by atoms with E-state index in [-0.39, 0.29) is 16.8 Å². The van der Waals surface area contributed by atoms with Crippen LogP contribution in [0.3, 0.4) is 0 Å². The van der Waals surface area contributed by atoms with Gasteiger partial charge in [0.15, 0.2) is 4.80 Å². The summed E-state index contributed by atoms with van der Waals surface area (Å²) in [4.78, 5) is 5.92. The maximum Gasteiger partial charge on any atom is 0.243 e. The fraction of sp³-hybridized carbons (Fsp3) is 0.375. The Kier molecular flexibility index (Phi) is 7.43. The SMILES string of the molecule is CCC(CC)n1c(-c2ccc(F)cc2)csc1=Nc1ccc(S(=O)(=O)N2CCOCC2)cc1. The van der Waals surface area contributed by atoms with E-state index in [9.17, 15) is 12.8 Å². The lowest BCUT2D eigenvalue weighted by atomic mass is 10.1. The highest BCUT2D eigenvalue weighted by Crippen LogP contribution is 2.27. The van der Waals surface area contributed by atoms with Crippen molar-refractivity contribution < 1.29 is 17.5 Å². The monoisotopic (exact) mass is 489 g/mol. The van der Waals surface area contributed by atoms with Crippen molar-refractivity contribution in [3.05, 3.63) is 64.5 Å². The van der Waals surface area contributed by atoms with E-state index >= 15 is 0 Å². The molecule has 33 heavy (non-hydrogen) atoms. The summed E-state index contributed by atoms with van der Waals surface area (Å²) in [5.41, 5.74) is 2.62. The second-order valence-corrected chi connectivity index (χ2v) is 10.6. The molecule has 176 valence electrons. The van der Waals surface area contributed by atoms with Gasteiger partial charge in [0.05, 0.1) is 29.5 Å². The third kappa shape index (κ3) is 5.11. The lowest BCUT2D eigenvalue weighted by Gasteiger charge is -2.26. The minimum absolute atomic E-state index is 0.246. The maximum atomic E-state index is 13.4. The zero-order chi connectivity index (χ0) is 23.4. The fourth-order valence-electron chi connectivity index (χ4n) is 3.98. The van der Waals surface area contributed by atoms with Crippen LogP contribution in [-0.2, 0) is 14.8 Å². The van der Waals surface area contributed by atoms with Crippen LogP contribution in [0.25, 0.3) is 11.3 Å². The lowest BCUT2D eigenvalue weighted by Crippen LogP contribution is -2.40. The molecule has 1 fully saturated rings. The van der Waals surface area contributed by atoms with Crippen molar-refractivity contribution in [3.63, 3.8) is 0 Å². The molecule has 0 radical (unpaired) electrons. The Morgan fingerprint density at radius 3 is 2.27 bits per heavy atom. The van der Waals surface area contributed by atoms with Crippen molar-refractivity contribution >= 4 is 27.0 Å². The summed E-state index contributed by atoms with van der Waals surface area (Å²) in [7, 11) is -3.54. The number of nitrogens with zero attached hydrogens (tertiary/aromatic N) is 3. The lowest BCUT2D eigenvalue weighted by molar-refractivity contribution is 0.0730. The van der Waals surface area contributed by atoms with Gasteiger partial charge in [0, 0.05) is 24.5 Å². The Hall–Kier alpha value is -2.33. The van der Waals surface area contributed by atoms with E-state index in [0.717, 1.165) is 28.9 Å². The van der Waals surface area contributed by atoms with Gasteiger partial charge in [-0.1, -0.05) is 13.8 Å². The Morgan fingerprint density at radius 2 is 1.67 bits per heavy atom. The highest BCUT2D eigenvalue weighted by Gasteiger charge is 2.26. The first-order valence-corrected chi connectivity index (χ1v) is 13.4. The minimum atomic E-state index is -3.54. The van der Waals surface area contributed by atoms with Crippen molar-refractivity contribution in [2.45, 2.75) is 37.6 Å². The molecule has 9 heteroatoms. The number of thiazole rings is 1. The zero-order valence-corrected chi connectivity index (χ0v) is 20.4. The molecule has 1 aliphatic rings. The van der Waals surface area contributed by atoms with Crippen LogP contribution in [0.4, 0.5) is 10.1 Å². The second-order valence-electron chi connectivity index (χ2n) is 7.87. The van der Waals surface area contributed by atoms with Gasteiger partial charge in [-0.25, -0.2) is 17.8 Å². The summed E-state index contributed by atoms with van der Waals surface area (Å²) in [6.45, 7) is 5.84. The largest absolute Gasteiger partial charge is 0.379 e. The predicted octanol–water partition coefficient (Wildman–Crippen LogP) is 4.97. The van der Waals surface area contributed by atoms with Gasteiger partial charge >= 0.3 is 0 Å². The predicted molar refractivity (Wildman–Crippen MR) is 129 cm³/mol. The van der Waals surface area contributed by atoms with E-state index in [4.69, 9.17) is 9.73 Å². The van der Waals surface area contributed by atoms with Crippen molar-refractivity contribution in [3.8, 4) is 11.3 Å². The first kappa shape index (κ1) is 23.8. The van der Waals surface area contributed by atoms with Gasteiger partial charge in [-0.15, -0.1) is 11.3 Å². The van der Waals surface area contributed by atoms with Gasteiger partial charge in [0.1, 0.15) is 5.82 Å². The first-order chi connectivity index (χ1) is 15.9. The Bertz CT molecular complexity index is 1240. The third-order valence-corrected chi connectivity index (χ3v) is 8.61. The van der Waals surface area contributed by atoms with Crippen LogP contribution in [0, 0.1) is 5.82 Å². The van der Waals surface area contributed by atoms with Gasteiger partial charge in [-0.3, -0.25) is 0 Å². The highest BCUT2D eigenvalue weighted by molar-refractivity contribution is 7.89. The van der Waals surface area contributed by atoms with Gasteiger partial charge in [-0.2, -0.15) is 4.31 Å². The molecule has 1 aromatic heterocycles. The smallest absolute Gasteiger partial charge is 0.243 e. The van der Waals surface area contributed by atoms with E-state index in [0.29, 0.717) is 32.0 Å². The number of sulfonamides is 1. The molecule has 0 atom stereocenters. The average molecular weight is 490 g/mol. The van der Waals surface area contributed by atoms with Crippen LogP contribution < -0.4 is 4.80 Å². The number of hydrogen-bond acceptors (Lipinski definition) is 5. The average Bonchev–Trinajstić information content (AvgIpc) is 3.24. The molecular formula is C24H28FN3O3S2. The van der Waals surface area contributed by atoms with Gasteiger partial charge in [-0.05, 0) is 66.9 Å². The van der Waals surface area contributed by atoms with Gasteiger partial charge < -0.3 is 9.30 Å². The summed E-state index contributed by atoms with van der Waals surface area (Å²) in [5.74, 6) is -0.264. The summed E-state index contributed by atoms with van der Waals surface area (Å²) >= 11 is 1.52. The molecule has 0 amide bonds. The topological polar surface area (TPSA) is 63.9 Å². The Labute approximate surface area is 198 Å². The van der Waals surface area contributed by atoms with Crippen molar-refractivity contribution in [1.82, 2.24) is 8.87 Å². The van der Waals surface area contributed by atoms with E-state index in [2.05, 4.69) is 18.4 Å². The molecule has 6 nitrogen and oxygen atoms in total. The number of hydrogen-bond donors (Lipinski definition) is 0. The molecule has 0 N–H and O–H groups in total. The van der Waals surface area contributed by atoms with Crippen molar-refractivity contribution in [2.75, 3.05) is 26.3 Å². The highest BCUT2D eigenvalue weighted by atomic mass is 32.2. The quantitative estimate of drug-likeness (QED) is 0.471. The van der Waals surface area contributed by atoms with Crippen LogP contribution in [0.2, 0.25) is 0 Å². The molecular weight excluding hydrogens is 461 g/mol. The van der Waals surface area contributed by atoms with E-state index in [1.807, 2.05) is 5.38 Å². The normalized spacial score (nSPS) is 15.9. The first-order valence-electron chi connectivity index (χ1n) is 11.1. The fourth-order valence-corrected chi connectivity index (χ4v) is 6.37. The van der Waals surface area contributed by atoms with Crippen LogP contribution in [0.5, 0.6) is 0 Å². The van der Waals surface area contributed by atoms with Crippen LogP contribution in [-0.4, -0.2) is 43.6 Å². The standard InChI is InChI=1S/C24H28FN3O3S2/c1-3-21(4-2)28-23(18-5-7-19(25)8-6-18)17-32-24(28)26-20-9-11-22(12-10-20)33(29,30)27-13-15-31-16-14-27/h5-12,17,21H,3-4,13-16H2,1-2H3. The molecule has 2 heterocycles. The minimum Gasteiger partial charge on any atom is -0.379 e. The van der Waals surface area contributed by atoms with Crippen molar-refractivity contribution in [2.24, 2.45) is 4.99 Å². The van der Waals surface area contributed by atoms with Gasteiger partial charge in [0.2, 0.25) is 10.0 Å². The second kappa shape index (κ2) is 10.3. The number of morpholine rings is 1. The van der Waals surface area contributed by atoms with E-state index in [1.165, 1.54) is 27.8 Å². The molecule has 2 aromatic carbocycles. The maximum absolute atomic E-state index is 13.4. The molecule has 1 saturated heterocycles.